The van der Waals surface area contributed by atoms with E-state index >= 15 is 0 Å². The number of rotatable bonds is 7. The maximum absolute atomic E-state index is 11.0. The second-order valence-electron chi connectivity index (χ2n) is 4.68. The van der Waals surface area contributed by atoms with Crippen LogP contribution in [0.5, 0.6) is 5.88 Å². The molecular weight excluding hydrogens is 256 g/mol. The van der Waals surface area contributed by atoms with E-state index in [0.29, 0.717) is 12.1 Å². The lowest BCUT2D eigenvalue weighted by atomic mass is 9.97. The minimum absolute atomic E-state index is 0.0776. The number of nitrogens with one attached hydrogen (secondary N) is 2. The van der Waals surface area contributed by atoms with Gasteiger partial charge in [-0.3, -0.25) is 20.2 Å². The van der Waals surface area contributed by atoms with Crippen LogP contribution < -0.4 is 10.4 Å². The predicted octanol–water partition coefficient (Wildman–Crippen LogP) is 2.23. The Hall–Kier alpha value is -1.98. The number of hydrogen-bond donors (Lipinski definition) is 2. The summed E-state index contributed by atoms with van der Waals surface area (Å²) >= 11 is 0. The van der Waals surface area contributed by atoms with E-state index in [-0.39, 0.29) is 23.0 Å². The van der Waals surface area contributed by atoms with Crippen LogP contribution in [0, 0.1) is 16.7 Å². The van der Waals surface area contributed by atoms with Gasteiger partial charge in [0.2, 0.25) is 11.5 Å². The quantitative estimate of drug-likeness (QED) is 0.455. The largest absolute Gasteiger partial charge is 0.480 e. The van der Waals surface area contributed by atoms with Gasteiger partial charge in [-0.2, -0.15) is 4.98 Å². The summed E-state index contributed by atoms with van der Waals surface area (Å²) in [6, 6.07) is 0. The number of methoxy groups -OCH3 is 1. The molecule has 1 rings (SSSR count). The Morgan fingerprint density at radius 3 is 2.50 bits per heavy atom. The third-order valence-corrected chi connectivity index (χ3v) is 3.19. The van der Waals surface area contributed by atoms with E-state index < -0.39 is 0 Å². The van der Waals surface area contributed by atoms with Gasteiger partial charge in [0, 0.05) is 12.1 Å². The van der Waals surface area contributed by atoms with E-state index in [9.17, 15) is 4.79 Å². The number of hydrogen-bond acceptors (Lipinski definition) is 5. The molecule has 0 atom stereocenters. The van der Waals surface area contributed by atoms with Crippen molar-refractivity contribution in [2.45, 2.75) is 39.5 Å². The van der Waals surface area contributed by atoms with Crippen LogP contribution in [0.3, 0.4) is 0 Å². The highest BCUT2D eigenvalue weighted by atomic mass is 16.5. The van der Waals surface area contributed by atoms with Crippen LogP contribution >= 0.6 is 0 Å². The highest BCUT2D eigenvalue weighted by Gasteiger charge is 2.17. The zero-order chi connectivity index (χ0) is 15.1. The summed E-state index contributed by atoms with van der Waals surface area (Å²) in [5.74, 6) is 0.516. The second kappa shape index (κ2) is 7.57. The molecule has 0 aliphatic rings. The molecule has 0 fully saturated rings. The fourth-order valence-corrected chi connectivity index (χ4v) is 2.21. The predicted molar refractivity (Wildman–Crippen MR) is 76.5 cm³/mol. The van der Waals surface area contributed by atoms with Gasteiger partial charge in [0.15, 0.2) is 6.29 Å². The highest BCUT2D eigenvalue weighted by Crippen LogP contribution is 2.16. The highest BCUT2D eigenvalue weighted by molar-refractivity contribution is 5.85. The van der Waals surface area contributed by atoms with Crippen LogP contribution in [0.1, 0.15) is 49.9 Å². The number of carbonyl (C=O) groups excluding carboxylic acids is 1. The van der Waals surface area contributed by atoms with E-state index in [1.807, 2.05) is 0 Å². The third-order valence-electron chi connectivity index (χ3n) is 3.19. The summed E-state index contributed by atoms with van der Waals surface area (Å²) in [6.45, 7) is 4.15. The van der Waals surface area contributed by atoms with Gasteiger partial charge in [-0.25, -0.2) is 0 Å². The van der Waals surface area contributed by atoms with Gasteiger partial charge < -0.3 is 4.74 Å². The zero-order valence-electron chi connectivity index (χ0n) is 12.3. The summed E-state index contributed by atoms with van der Waals surface area (Å²) in [4.78, 5) is 15.0. The lowest BCUT2D eigenvalue weighted by molar-refractivity contribution is 0.111. The molecule has 0 saturated carbocycles. The molecule has 0 aliphatic carbocycles. The maximum atomic E-state index is 11.0. The SMILES string of the molecule is CCCC(CCC)C(=N)n1cc(C=O)c(OC)nc1=N. The summed E-state index contributed by atoms with van der Waals surface area (Å²) in [5, 5.41) is 16.2. The van der Waals surface area contributed by atoms with Crippen LogP contribution in [0.15, 0.2) is 6.20 Å². The topological polar surface area (TPSA) is 91.8 Å². The number of nitrogens with zero attached hydrogens (tertiary/aromatic N) is 2. The van der Waals surface area contributed by atoms with Crippen molar-refractivity contribution in [3.8, 4) is 5.88 Å². The first-order valence-corrected chi connectivity index (χ1v) is 6.85. The molecule has 6 nitrogen and oxygen atoms in total. The van der Waals surface area contributed by atoms with E-state index in [1.165, 1.54) is 17.9 Å². The van der Waals surface area contributed by atoms with Gasteiger partial charge in [-0.1, -0.05) is 26.7 Å². The molecule has 0 spiro atoms. The molecule has 20 heavy (non-hydrogen) atoms. The molecule has 0 saturated heterocycles. The van der Waals surface area contributed by atoms with Crippen LogP contribution in [0.2, 0.25) is 0 Å². The molecule has 0 bridgehead atoms. The summed E-state index contributed by atoms with van der Waals surface area (Å²) in [5.41, 5.74) is 0.162. The van der Waals surface area contributed by atoms with Gasteiger partial charge >= 0.3 is 0 Å². The molecule has 0 radical (unpaired) electrons. The molecule has 1 heterocycles. The van der Waals surface area contributed by atoms with Gasteiger partial charge in [-0.05, 0) is 12.8 Å². The zero-order valence-corrected chi connectivity index (χ0v) is 12.3. The molecule has 6 heteroatoms. The van der Waals surface area contributed by atoms with Crippen molar-refractivity contribution in [1.29, 1.82) is 10.8 Å². The fraction of sp³-hybridized carbons (Fsp3) is 0.571. The lowest BCUT2D eigenvalue weighted by Gasteiger charge is -2.19. The number of aldehydes is 1. The average Bonchev–Trinajstić information content (AvgIpc) is 2.46. The Labute approximate surface area is 118 Å². The Bertz CT molecular complexity index is 530. The van der Waals surface area contributed by atoms with Crippen molar-refractivity contribution >= 4 is 12.1 Å². The first-order chi connectivity index (χ1) is 9.58. The van der Waals surface area contributed by atoms with E-state index in [2.05, 4.69) is 18.8 Å². The van der Waals surface area contributed by atoms with Crippen molar-refractivity contribution in [2.75, 3.05) is 7.11 Å². The third kappa shape index (κ3) is 3.53. The van der Waals surface area contributed by atoms with E-state index in [4.69, 9.17) is 15.6 Å². The molecule has 0 aliphatic heterocycles. The molecule has 1 aromatic rings. The second-order valence-corrected chi connectivity index (χ2v) is 4.68. The van der Waals surface area contributed by atoms with Crippen LogP contribution in [0.25, 0.3) is 0 Å². The minimum Gasteiger partial charge on any atom is -0.480 e. The van der Waals surface area contributed by atoms with Gasteiger partial charge in [-0.15, -0.1) is 0 Å². The standard InChI is InChI=1S/C14H22N4O2/c1-4-6-10(7-5-2)12(15)18-8-11(9-19)13(20-3)17-14(18)16/h8-10,15-16H,4-7H2,1-3H3. The van der Waals surface area contributed by atoms with Crippen molar-refractivity contribution in [2.24, 2.45) is 5.92 Å². The van der Waals surface area contributed by atoms with E-state index in [1.54, 1.807) is 0 Å². The molecule has 0 aromatic carbocycles. The minimum atomic E-state index is -0.0883. The van der Waals surface area contributed by atoms with Crippen LogP contribution in [0.4, 0.5) is 0 Å². The number of carbonyl (C=O) groups is 1. The molecule has 2 N–H and O–H groups in total. The lowest BCUT2D eigenvalue weighted by Crippen LogP contribution is -2.34. The Kier molecular flexibility index (Phi) is 6.09. The van der Waals surface area contributed by atoms with Crippen molar-refractivity contribution in [3.63, 3.8) is 0 Å². The van der Waals surface area contributed by atoms with E-state index in [0.717, 1.165) is 25.7 Å². The maximum Gasteiger partial charge on any atom is 0.230 e. The van der Waals surface area contributed by atoms with Gasteiger partial charge in [0.05, 0.1) is 12.7 Å². The molecular formula is C14H22N4O2. The van der Waals surface area contributed by atoms with Gasteiger partial charge in [0.1, 0.15) is 5.84 Å². The molecule has 0 amide bonds. The van der Waals surface area contributed by atoms with Crippen LogP contribution in [-0.2, 0) is 0 Å². The van der Waals surface area contributed by atoms with Gasteiger partial charge in [0.25, 0.3) is 0 Å². The Balaban J connectivity index is 3.20. The Morgan fingerprint density at radius 1 is 1.45 bits per heavy atom. The molecule has 110 valence electrons. The Morgan fingerprint density at radius 2 is 2.05 bits per heavy atom. The fourth-order valence-electron chi connectivity index (χ4n) is 2.21. The smallest absolute Gasteiger partial charge is 0.230 e. The number of aromatic nitrogens is 2. The first kappa shape index (κ1) is 16.1. The van der Waals surface area contributed by atoms with Crippen molar-refractivity contribution in [3.05, 3.63) is 17.4 Å². The summed E-state index contributed by atoms with van der Waals surface area (Å²) in [7, 11) is 1.40. The normalized spacial score (nSPS) is 10.6. The van der Waals surface area contributed by atoms with Crippen molar-refractivity contribution in [1.82, 2.24) is 9.55 Å². The van der Waals surface area contributed by atoms with Crippen LogP contribution in [-0.4, -0.2) is 28.8 Å². The number of ether oxygens (including phenoxy) is 1. The monoisotopic (exact) mass is 278 g/mol. The summed E-state index contributed by atoms with van der Waals surface area (Å²) in [6.07, 6.45) is 5.82. The first-order valence-electron chi connectivity index (χ1n) is 6.85. The molecule has 0 unspecified atom stereocenters. The molecule has 1 aromatic heterocycles. The van der Waals surface area contributed by atoms with Crippen molar-refractivity contribution < 1.29 is 9.53 Å². The average molecular weight is 278 g/mol. The summed E-state index contributed by atoms with van der Waals surface area (Å²) < 4.78 is 6.32.